The number of nitrogens with zero attached hydrogens (tertiary/aromatic N) is 1. The molecule has 0 bridgehead atoms. The lowest BCUT2D eigenvalue weighted by Gasteiger charge is -2.18. The van der Waals surface area contributed by atoms with Crippen LogP contribution in [-0.4, -0.2) is 24.0 Å². The van der Waals surface area contributed by atoms with Gasteiger partial charge >= 0.3 is 5.97 Å². The van der Waals surface area contributed by atoms with E-state index in [0.717, 1.165) is 18.5 Å². The van der Waals surface area contributed by atoms with E-state index in [2.05, 4.69) is 12.1 Å². The number of amides is 1. The Morgan fingerprint density at radius 3 is 2.68 bits per heavy atom. The van der Waals surface area contributed by atoms with Crippen molar-refractivity contribution in [1.82, 2.24) is 0 Å². The van der Waals surface area contributed by atoms with E-state index < -0.39 is 5.97 Å². The molecule has 0 aromatic heterocycles. The molecular weight excluding hydrogens is 242 g/mol. The third-order valence-electron chi connectivity index (χ3n) is 3.62. The predicted octanol–water partition coefficient (Wildman–Crippen LogP) is 2.39. The number of benzene rings is 1. The molecule has 1 amide bonds. The summed E-state index contributed by atoms with van der Waals surface area (Å²) >= 11 is 0. The molecule has 0 aliphatic heterocycles. The average Bonchev–Trinajstić information content (AvgIpc) is 2.84. The number of hydrogen-bond acceptors (Lipinski definition) is 2. The van der Waals surface area contributed by atoms with Crippen molar-refractivity contribution in [2.24, 2.45) is 0 Å². The zero-order chi connectivity index (χ0) is 13.8. The molecule has 0 spiro atoms. The molecule has 0 saturated heterocycles. The number of hydrogen-bond donors (Lipinski definition) is 1. The Balaban J connectivity index is 1.97. The van der Waals surface area contributed by atoms with Crippen LogP contribution in [0.1, 0.15) is 36.8 Å². The molecular formula is C15H19NO3. The smallest absolute Gasteiger partial charge is 0.303 e. The van der Waals surface area contributed by atoms with Crippen molar-refractivity contribution in [3.8, 4) is 0 Å². The predicted molar refractivity (Wildman–Crippen MR) is 73.4 cm³/mol. The van der Waals surface area contributed by atoms with Gasteiger partial charge in [0.25, 0.3) is 0 Å². The number of anilines is 1. The first-order valence-corrected chi connectivity index (χ1v) is 6.68. The number of aryl methyl sites for hydroxylation is 2. The van der Waals surface area contributed by atoms with Crippen LogP contribution in [0.15, 0.2) is 18.2 Å². The Morgan fingerprint density at radius 2 is 1.95 bits per heavy atom. The summed E-state index contributed by atoms with van der Waals surface area (Å²) < 4.78 is 0. The molecule has 0 radical (unpaired) electrons. The topological polar surface area (TPSA) is 57.6 Å². The minimum absolute atomic E-state index is 0.0285. The van der Waals surface area contributed by atoms with Crippen LogP contribution in [0.3, 0.4) is 0 Å². The second-order valence-corrected chi connectivity index (χ2v) is 5.01. The van der Waals surface area contributed by atoms with E-state index in [4.69, 9.17) is 5.11 Å². The first kappa shape index (κ1) is 13.6. The average molecular weight is 261 g/mol. The Bertz CT molecular complexity index is 496. The maximum Gasteiger partial charge on any atom is 0.303 e. The molecule has 4 heteroatoms. The number of carboxylic acids is 1. The van der Waals surface area contributed by atoms with Crippen molar-refractivity contribution in [3.05, 3.63) is 29.3 Å². The molecule has 1 aromatic rings. The van der Waals surface area contributed by atoms with Crippen LogP contribution in [0.2, 0.25) is 0 Å². The summed E-state index contributed by atoms with van der Waals surface area (Å²) in [6.45, 7) is 0. The van der Waals surface area contributed by atoms with E-state index in [1.54, 1.807) is 11.9 Å². The highest BCUT2D eigenvalue weighted by molar-refractivity contribution is 5.93. The fourth-order valence-corrected chi connectivity index (χ4v) is 2.47. The van der Waals surface area contributed by atoms with Crippen molar-refractivity contribution >= 4 is 17.6 Å². The number of aliphatic carboxylic acids is 1. The highest BCUT2D eigenvalue weighted by Gasteiger charge is 2.15. The molecule has 1 aliphatic rings. The largest absolute Gasteiger partial charge is 0.481 e. The molecule has 0 saturated carbocycles. The molecule has 19 heavy (non-hydrogen) atoms. The van der Waals surface area contributed by atoms with Gasteiger partial charge in [0.05, 0.1) is 0 Å². The molecule has 0 fully saturated rings. The van der Waals surface area contributed by atoms with Gasteiger partial charge in [-0.15, -0.1) is 0 Å². The normalized spacial score (nSPS) is 13.1. The number of carbonyl (C=O) groups is 2. The number of carbonyl (C=O) groups excluding carboxylic acids is 1. The van der Waals surface area contributed by atoms with E-state index >= 15 is 0 Å². The van der Waals surface area contributed by atoms with Crippen molar-refractivity contribution in [2.45, 2.75) is 38.5 Å². The lowest BCUT2D eigenvalue weighted by molar-refractivity contribution is -0.137. The molecule has 0 heterocycles. The number of rotatable bonds is 5. The van der Waals surface area contributed by atoms with E-state index in [0.29, 0.717) is 6.42 Å². The van der Waals surface area contributed by atoms with Crippen molar-refractivity contribution in [3.63, 3.8) is 0 Å². The summed E-state index contributed by atoms with van der Waals surface area (Å²) in [5.74, 6) is -0.882. The van der Waals surface area contributed by atoms with Gasteiger partial charge in [-0.05, 0) is 48.9 Å². The van der Waals surface area contributed by atoms with Crippen LogP contribution >= 0.6 is 0 Å². The summed E-state index contributed by atoms with van der Waals surface area (Å²) in [7, 11) is 1.75. The van der Waals surface area contributed by atoms with Gasteiger partial charge in [0.15, 0.2) is 0 Å². The Labute approximate surface area is 113 Å². The lowest BCUT2D eigenvalue weighted by Crippen LogP contribution is -2.26. The van der Waals surface area contributed by atoms with Crippen LogP contribution in [-0.2, 0) is 22.4 Å². The monoisotopic (exact) mass is 261 g/mol. The fourth-order valence-electron chi connectivity index (χ4n) is 2.47. The minimum Gasteiger partial charge on any atom is -0.481 e. The van der Waals surface area contributed by atoms with Crippen LogP contribution in [0.25, 0.3) is 0 Å². The first-order valence-electron chi connectivity index (χ1n) is 6.68. The molecule has 1 aromatic carbocycles. The van der Waals surface area contributed by atoms with Gasteiger partial charge in [0.2, 0.25) is 5.91 Å². The molecule has 4 nitrogen and oxygen atoms in total. The third kappa shape index (κ3) is 3.34. The Morgan fingerprint density at radius 1 is 1.21 bits per heavy atom. The molecule has 102 valence electrons. The summed E-state index contributed by atoms with van der Waals surface area (Å²) in [5.41, 5.74) is 3.62. The lowest BCUT2D eigenvalue weighted by atomic mass is 10.1. The van der Waals surface area contributed by atoms with Gasteiger partial charge < -0.3 is 10.0 Å². The highest BCUT2D eigenvalue weighted by atomic mass is 16.4. The minimum atomic E-state index is -0.854. The van der Waals surface area contributed by atoms with Crippen LogP contribution in [0.4, 0.5) is 5.69 Å². The van der Waals surface area contributed by atoms with Crippen molar-refractivity contribution in [2.75, 3.05) is 11.9 Å². The maximum atomic E-state index is 12.0. The van der Waals surface area contributed by atoms with Crippen LogP contribution in [0, 0.1) is 0 Å². The van der Waals surface area contributed by atoms with Gasteiger partial charge in [0.1, 0.15) is 0 Å². The molecule has 0 unspecified atom stereocenters. The summed E-state index contributed by atoms with van der Waals surface area (Å²) in [6.07, 6.45) is 4.12. The molecule has 0 atom stereocenters. The van der Waals surface area contributed by atoms with Crippen molar-refractivity contribution in [1.29, 1.82) is 0 Å². The Kier molecular flexibility index (Phi) is 4.20. The van der Waals surface area contributed by atoms with E-state index in [1.807, 2.05) is 6.07 Å². The van der Waals surface area contributed by atoms with Gasteiger partial charge in [-0.2, -0.15) is 0 Å². The Hall–Kier alpha value is -1.84. The summed E-state index contributed by atoms with van der Waals surface area (Å²) in [6, 6.07) is 6.15. The van der Waals surface area contributed by atoms with Crippen LogP contribution in [0.5, 0.6) is 0 Å². The maximum absolute atomic E-state index is 12.0. The third-order valence-corrected chi connectivity index (χ3v) is 3.62. The summed E-state index contributed by atoms with van der Waals surface area (Å²) in [4.78, 5) is 24.0. The quantitative estimate of drug-likeness (QED) is 0.885. The van der Waals surface area contributed by atoms with Crippen molar-refractivity contribution < 1.29 is 14.7 Å². The highest BCUT2D eigenvalue weighted by Crippen LogP contribution is 2.26. The molecule has 1 aliphatic carbocycles. The zero-order valence-electron chi connectivity index (χ0n) is 11.2. The van der Waals surface area contributed by atoms with Gasteiger partial charge in [0, 0.05) is 25.6 Å². The SMILES string of the molecule is CN(C(=O)CCCC(=O)O)c1ccc2c(c1)CCC2. The van der Waals surface area contributed by atoms with Crippen LogP contribution < -0.4 is 4.90 Å². The fraction of sp³-hybridized carbons (Fsp3) is 0.467. The number of carboxylic acid groups (broad SMARTS) is 1. The van der Waals surface area contributed by atoms with E-state index in [9.17, 15) is 9.59 Å². The van der Waals surface area contributed by atoms with E-state index in [1.165, 1.54) is 17.5 Å². The zero-order valence-corrected chi connectivity index (χ0v) is 11.2. The molecule has 1 N–H and O–H groups in total. The number of fused-ring (bicyclic) bond motifs is 1. The van der Waals surface area contributed by atoms with Gasteiger partial charge in [-0.3, -0.25) is 9.59 Å². The summed E-state index contributed by atoms with van der Waals surface area (Å²) in [5, 5.41) is 8.56. The standard InChI is InChI=1S/C15H19NO3/c1-16(14(17)6-3-7-15(18)19)13-9-8-11-4-2-5-12(11)10-13/h8-10H,2-7H2,1H3,(H,18,19). The molecule has 2 rings (SSSR count). The van der Waals surface area contributed by atoms with Gasteiger partial charge in [-0.1, -0.05) is 6.07 Å². The second kappa shape index (κ2) is 5.87. The first-order chi connectivity index (χ1) is 9.08. The van der Waals surface area contributed by atoms with E-state index in [-0.39, 0.29) is 18.7 Å². The second-order valence-electron chi connectivity index (χ2n) is 5.01. The van der Waals surface area contributed by atoms with Gasteiger partial charge in [-0.25, -0.2) is 0 Å².